The van der Waals surface area contributed by atoms with E-state index >= 15 is 0 Å². The molecule has 130 valence electrons. The van der Waals surface area contributed by atoms with Crippen LogP contribution in [-0.2, 0) is 9.59 Å². The quantitative estimate of drug-likeness (QED) is 0.754. The average Bonchev–Trinajstić information content (AvgIpc) is 2.60. The zero-order valence-electron chi connectivity index (χ0n) is 13.9. The van der Waals surface area contributed by atoms with E-state index in [-0.39, 0.29) is 12.5 Å². The zero-order chi connectivity index (χ0) is 18.2. The first-order chi connectivity index (χ1) is 12.0. The van der Waals surface area contributed by atoms with Crippen molar-refractivity contribution in [3.8, 4) is 11.5 Å². The Labute approximate surface area is 144 Å². The fourth-order valence-corrected chi connectivity index (χ4v) is 2.13. The normalized spacial score (nSPS) is 9.84. The molecule has 0 saturated carbocycles. The van der Waals surface area contributed by atoms with Crippen LogP contribution in [0.1, 0.15) is 17.3 Å². The molecule has 0 aliphatic rings. The number of amides is 2. The van der Waals surface area contributed by atoms with Crippen molar-refractivity contribution in [2.45, 2.75) is 6.92 Å². The molecular formula is C18H18N2O5. The Hall–Kier alpha value is -3.35. The number of hydrogen-bond donors (Lipinski definition) is 2. The molecule has 0 atom stereocenters. The summed E-state index contributed by atoms with van der Waals surface area (Å²) in [5.41, 5.74) is 1.28. The minimum Gasteiger partial charge on any atom is -0.495 e. The summed E-state index contributed by atoms with van der Waals surface area (Å²) in [6.45, 7) is 1.11. The molecule has 0 aliphatic heterocycles. The first-order valence-corrected chi connectivity index (χ1v) is 7.46. The van der Waals surface area contributed by atoms with E-state index in [1.165, 1.54) is 14.0 Å². The number of aldehydes is 1. The molecule has 2 amide bonds. The maximum Gasteiger partial charge on any atom is 0.262 e. The van der Waals surface area contributed by atoms with Crippen LogP contribution in [0.5, 0.6) is 11.5 Å². The minimum atomic E-state index is -0.432. The molecule has 2 N–H and O–H groups in total. The third-order valence-corrected chi connectivity index (χ3v) is 3.20. The predicted molar refractivity (Wildman–Crippen MR) is 93.3 cm³/mol. The summed E-state index contributed by atoms with van der Waals surface area (Å²) in [6.07, 6.45) is 0.660. The van der Waals surface area contributed by atoms with E-state index in [0.717, 1.165) is 0 Å². The monoisotopic (exact) mass is 342 g/mol. The van der Waals surface area contributed by atoms with Crippen molar-refractivity contribution >= 4 is 29.5 Å². The number of carbonyl (C=O) groups excluding carboxylic acids is 3. The first-order valence-electron chi connectivity index (χ1n) is 7.46. The molecule has 2 aromatic carbocycles. The van der Waals surface area contributed by atoms with Gasteiger partial charge in [-0.05, 0) is 30.3 Å². The molecule has 2 rings (SSSR count). The lowest BCUT2D eigenvalue weighted by Gasteiger charge is -2.13. The molecule has 0 spiro atoms. The molecule has 0 aliphatic carbocycles. The van der Waals surface area contributed by atoms with Crippen LogP contribution in [-0.4, -0.2) is 31.8 Å². The van der Waals surface area contributed by atoms with Crippen molar-refractivity contribution in [3.63, 3.8) is 0 Å². The molecule has 25 heavy (non-hydrogen) atoms. The summed E-state index contributed by atoms with van der Waals surface area (Å²) >= 11 is 0. The Morgan fingerprint density at radius 1 is 1.08 bits per heavy atom. The lowest BCUT2D eigenvalue weighted by Crippen LogP contribution is -2.21. The standard InChI is InChI=1S/C18H18N2O5/c1-12(22)19-14-7-8-17(24-2)15(9-14)20-18(23)11-25-16-6-4-3-5-13(16)10-21/h3-10H,11H2,1-2H3,(H,19,22)(H,20,23). The Balaban J connectivity index is 2.06. The zero-order valence-corrected chi connectivity index (χ0v) is 13.9. The number of para-hydroxylation sites is 1. The molecule has 0 unspecified atom stereocenters. The van der Waals surface area contributed by atoms with Gasteiger partial charge >= 0.3 is 0 Å². The number of anilines is 2. The summed E-state index contributed by atoms with van der Waals surface area (Å²) in [6, 6.07) is 11.5. The van der Waals surface area contributed by atoms with Gasteiger partial charge in [-0.15, -0.1) is 0 Å². The van der Waals surface area contributed by atoms with Gasteiger partial charge in [0.25, 0.3) is 5.91 Å². The largest absolute Gasteiger partial charge is 0.495 e. The Kier molecular flexibility index (Phi) is 6.11. The number of methoxy groups -OCH3 is 1. The van der Waals surface area contributed by atoms with Crippen LogP contribution in [0, 0.1) is 0 Å². The number of ether oxygens (including phenoxy) is 2. The SMILES string of the molecule is COc1ccc(NC(C)=O)cc1NC(=O)COc1ccccc1C=O. The Bertz CT molecular complexity index is 789. The van der Waals surface area contributed by atoms with Gasteiger partial charge < -0.3 is 20.1 Å². The Morgan fingerprint density at radius 3 is 2.52 bits per heavy atom. The molecule has 2 aromatic rings. The topological polar surface area (TPSA) is 93.7 Å². The number of carbonyl (C=O) groups is 3. The molecular weight excluding hydrogens is 324 g/mol. The van der Waals surface area contributed by atoms with Gasteiger partial charge in [0.2, 0.25) is 5.91 Å². The summed E-state index contributed by atoms with van der Waals surface area (Å²) in [5.74, 6) is 0.109. The lowest BCUT2D eigenvalue weighted by molar-refractivity contribution is -0.118. The first kappa shape index (κ1) is 18.0. The highest BCUT2D eigenvalue weighted by atomic mass is 16.5. The lowest BCUT2D eigenvalue weighted by atomic mass is 10.2. The van der Waals surface area contributed by atoms with Gasteiger partial charge in [-0.3, -0.25) is 14.4 Å². The Morgan fingerprint density at radius 2 is 1.84 bits per heavy atom. The van der Waals surface area contributed by atoms with Crippen LogP contribution in [0.2, 0.25) is 0 Å². The summed E-state index contributed by atoms with van der Waals surface area (Å²) in [4.78, 5) is 34.2. The van der Waals surface area contributed by atoms with Crippen LogP contribution in [0.15, 0.2) is 42.5 Å². The van der Waals surface area contributed by atoms with Gasteiger partial charge in [-0.1, -0.05) is 12.1 Å². The number of rotatable bonds is 7. The highest BCUT2D eigenvalue weighted by Crippen LogP contribution is 2.28. The molecule has 0 fully saturated rings. The van der Waals surface area contributed by atoms with Gasteiger partial charge in [0.15, 0.2) is 12.9 Å². The van der Waals surface area contributed by atoms with E-state index in [1.54, 1.807) is 42.5 Å². The van der Waals surface area contributed by atoms with E-state index in [4.69, 9.17) is 9.47 Å². The van der Waals surface area contributed by atoms with Crippen molar-refractivity contribution in [1.29, 1.82) is 0 Å². The van der Waals surface area contributed by atoms with Gasteiger partial charge in [-0.2, -0.15) is 0 Å². The smallest absolute Gasteiger partial charge is 0.262 e. The van der Waals surface area contributed by atoms with Crippen LogP contribution in [0.4, 0.5) is 11.4 Å². The molecule has 0 bridgehead atoms. The van der Waals surface area contributed by atoms with E-state index in [0.29, 0.717) is 34.7 Å². The highest BCUT2D eigenvalue weighted by Gasteiger charge is 2.11. The molecule has 7 heteroatoms. The van der Waals surface area contributed by atoms with Crippen molar-refractivity contribution < 1.29 is 23.9 Å². The third kappa shape index (κ3) is 5.07. The minimum absolute atomic E-state index is 0.226. The molecule has 0 radical (unpaired) electrons. The van der Waals surface area contributed by atoms with Crippen LogP contribution >= 0.6 is 0 Å². The second-order valence-electron chi connectivity index (χ2n) is 5.09. The van der Waals surface area contributed by atoms with Gasteiger partial charge in [0.1, 0.15) is 11.5 Å². The highest BCUT2D eigenvalue weighted by molar-refractivity contribution is 5.95. The molecule has 7 nitrogen and oxygen atoms in total. The molecule has 0 heterocycles. The third-order valence-electron chi connectivity index (χ3n) is 3.20. The maximum absolute atomic E-state index is 12.1. The second-order valence-corrected chi connectivity index (χ2v) is 5.09. The van der Waals surface area contributed by atoms with Crippen molar-refractivity contribution in [2.75, 3.05) is 24.4 Å². The van der Waals surface area contributed by atoms with Crippen LogP contribution < -0.4 is 20.1 Å². The van der Waals surface area contributed by atoms with Crippen LogP contribution in [0.25, 0.3) is 0 Å². The van der Waals surface area contributed by atoms with Gasteiger partial charge in [0, 0.05) is 12.6 Å². The molecule has 0 saturated heterocycles. The van der Waals surface area contributed by atoms with Crippen molar-refractivity contribution in [3.05, 3.63) is 48.0 Å². The van der Waals surface area contributed by atoms with Crippen LogP contribution in [0.3, 0.4) is 0 Å². The van der Waals surface area contributed by atoms with E-state index in [2.05, 4.69) is 10.6 Å². The van der Waals surface area contributed by atoms with E-state index in [1.807, 2.05) is 0 Å². The average molecular weight is 342 g/mol. The number of benzene rings is 2. The van der Waals surface area contributed by atoms with E-state index < -0.39 is 5.91 Å². The summed E-state index contributed by atoms with van der Waals surface area (Å²) in [5, 5.41) is 5.28. The number of hydrogen-bond acceptors (Lipinski definition) is 5. The van der Waals surface area contributed by atoms with Gasteiger partial charge in [0.05, 0.1) is 18.4 Å². The van der Waals surface area contributed by atoms with Crippen molar-refractivity contribution in [2.24, 2.45) is 0 Å². The number of nitrogens with one attached hydrogen (secondary N) is 2. The fourth-order valence-electron chi connectivity index (χ4n) is 2.13. The molecule has 0 aromatic heterocycles. The summed E-state index contributed by atoms with van der Waals surface area (Å²) in [7, 11) is 1.47. The summed E-state index contributed by atoms with van der Waals surface area (Å²) < 4.78 is 10.6. The van der Waals surface area contributed by atoms with E-state index in [9.17, 15) is 14.4 Å². The predicted octanol–water partition coefficient (Wildman–Crippen LogP) is 2.48. The maximum atomic E-state index is 12.1. The fraction of sp³-hybridized carbons (Fsp3) is 0.167. The second kappa shape index (κ2) is 8.49. The van der Waals surface area contributed by atoms with Crippen molar-refractivity contribution in [1.82, 2.24) is 0 Å². The van der Waals surface area contributed by atoms with Gasteiger partial charge in [-0.25, -0.2) is 0 Å².